The van der Waals surface area contributed by atoms with E-state index in [0.29, 0.717) is 12.1 Å². The number of carbonyl (C=O) groups is 4. The van der Waals surface area contributed by atoms with Crippen molar-refractivity contribution >= 4 is 36.1 Å². The molecule has 13 heteroatoms. The quantitative estimate of drug-likeness (QED) is 0.540. The van der Waals surface area contributed by atoms with Crippen LogP contribution in [0.2, 0.25) is 0 Å². The molecule has 0 saturated carbocycles. The fraction of sp³-hybridized carbons (Fsp3) is 0.333. The second-order valence-electron chi connectivity index (χ2n) is 8.36. The highest BCUT2D eigenvalue weighted by atomic mass is 35.5. The fourth-order valence-corrected chi connectivity index (χ4v) is 3.92. The van der Waals surface area contributed by atoms with Crippen molar-refractivity contribution < 1.29 is 37.5 Å². The lowest BCUT2D eigenvalue weighted by Crippen LogP contribution is -2.50. The highest BCUT2D eigenvalue weighted by Crippen LogP contribution is 2.17. The third-order valence-electron chi connectivity index (χ3n) is 5.78. The molecule has 0 bridgehead atoms. The normalized spacial score (nSPS) is 14.5. The van der Waals surface area contributed by atoms with Crippen molar-refractivity contribution in [2.24, 2.45) is 5.73 Å². The van der Waals surface area contributed by atoms with Gasteiger partial charge in [0.15, 0.2) is 11.6 Å². The van der Waals surface area contributed by atoms with Crippen molar-refractivity contribution in [2.75, 3.05) is 26.2 Å². The standard InChI is InChI=1S/C24H25F3N4O5.ClH/c1-14(32)30-8-6-29(23(34)15-2-4-16(5-3-15)24(35)36)7-9-31(30)22(33)12-18(28)10-17-11-20(26)21(27)13-19(17)25;/h2-5,11,13,18H,6-10,12,28H2,1H3,(H,35,36);1H/t18-;/m1./s1. The molecule has 2 aromatic rings. The molecule has 37 heavy (non-hydrogen) atoms. The maximum Gasteiger partial charge on any atom is 0.335 e. The Hall–Kier alpha value is -3.64. The average Bonchev–Trinajstić information content (AvgIpc) is 3.05. The van der Waals surface area contributed by atoms with E-state index in [-0.39, 0.29) is 68.1 Å². The number of nitrogens with two attached hydrogens (primary N) is 1. The van der Waals surface area contributed by atoms with Gasteiger partial charge in [-0.05, 0) is 42.3 Å². The number of carboxylic acids is 1. The minimum absolute atomic E-state index is 0. The van der Waals surface area contributed by atoms with Crippen LogP contribution in [0.4, 0.5) is 13.2 Å². The second kappa shape index (κ2) is 12.5. The minimum atomic E-state index is -1.33. The van der Waals surface area contributed by atoms with Gasteiger partial charge in [0.2, 0.25) is 11.8 Å². The van der Waals surface area contributed by atoms with Crippen molar-refractivity contribution in [1.82, 2.24) is 14.9 Å². The molecule has 1 heterocycles. The molecule has 1 fully saturated rings. The summed E-state index contributed by atoms with van der Waals surface area (Å²) in [4.78, 5) is 50.6. The first-order valence-electron chi connectivity index (χ1n) is 11.1. The number of aromatic carboxylic acids is 1. The number of carboxylic acid groups (broad SMARTS) is 1. The van der Waals surface area contributed by atoms with Gasteiger partial charge in [-0.25, -0.2) is 28.0 Å². The van der Waals surface area contributed by atoms with Crippen LogP contribution in [0.25, 0.3) is 0 Å². The molecule has 3 N–H and O–H groups in total. The van der Waals surface area contributed by atoms with E-state index in [2.05, 4.69) is 0 Å². The molecular weight excluding hydrogens is 517 g/mol. The summed E-state index contributed by atoms with van der Waals surface area (Å²) in [5.41, 5.74) is 6.08. The van der Waals surface area contributed by atoms with Crippen molar-refractivity contribution in [3.05, 3.63) is 70.5 Å². The van der Waals surface area contributed by atoms with Gasteiger partial charge < -0.3 is 15.7 Å². The van der Waals surface area contributed by atoms with E-state index in [0.717, 1.165) is 0 Å². The van der Waals surface area contributed by atoms with Gasteiger partial charge in [-0.15, -0.1) is 12.4 Å². The molecule has 1 aliphatic heterocycles. The molecule has 1 saturated heterocycles. The number of benzene rings is 2. The van der Waals surface area contributed by atoms with Crippen LogP contribution in [-0.4, -0.2) is 75.9 Å². The fourth-order valence-electron chi connectivity index (χ4n) is 3.92. The van der Waals surface area contributed by atoms with Crippen LogP contribution in [0.5, 0.6) is 0 Å². The van der Waals surface area contributed by atoms with Crippen LogP contribution in [-0.2, 0) is 16.0 Å². The Morgan fingerprint density at radius 1 is 0.892 bits per heavy atom. The number of hydrogen-bond acceptors (Lipinski definition) is 5. The van der Waals surface area contributed by atoms with Crippen molar-refractivity contribution in [2.45, 2.75) is 25.8 Å². The van der Waals surface area contributed by atoms with Crippen molar-refractivity contribution in [3.8, 4) is 0 Å². The van der Waals surface area contributed by atoms with E-state index >= 15 is 0 Å². The van der Waals surface area contributed by atoms with Gasteiger partial charge in [-0.1, -0.05) is 0 Å². The Morgan fingerprint density at radius 2 is 1.43 bits per heavy atom. The molecule has 1 atom stereocenters. The van der Waals surface area contributed by atoms with Gasteiger partial charge in [0.25, 0.3) is 5.91 Å². The lowest BCUT2D eigenvalue weighted by Gasteiger charge is -2.32. The summed E-state index contributed by atoms with van der Waals surface area (Å²) in [6, 6.07) is 5.54. The van der Waals surface area contributed by atoms with Gasteiger partial charge in [-0.3, -0.25) is 14.4 Å². The Kier molecular flexibility index (Phi) is 10.0. The van der Waals surface area contributed by atoms with Crippen LogP contribution in [0, 0.1) is 17.5 Å². The highest BCUT2D eigenvalue weighted by Gasteiger charge is 2.31. The molecule has 9 nitrogen and oxygen atoms in total. The predicted octanol–water partition coefficient (Wildman–Crippen LogP) is 2.23. The van der Waals surface area contributed by atoms with E-state index in [9.17, 15) is 32.3 Å². The molecule has 0 aliphatic carbocycles. The zero-order chi connectivity index (χ0) is 26.6. The second-order valence-corrected chi connectivity index (χ2v) is 8.36. The Morgan fingerprint density at radius 3 is 2.00 bits per heavy atom. The molecule has 0 radical (unpaired) electrons. The first-order valence-corrected chi connectivity index (χ1v) is 11.1. The molecule has 1 aliphatic rings. The Labute approximate surface area is 217 Å². The number of carbonyl (C=O) groups excluding carboxylic acids is 3. The summed E-state index contributed by atoms with van der Waals surface area (Å²) in [7, 11) is 0. The third-order valence-corrected chi connectivity index (χ3v) is 5.78. The van der Waals surface area contributed by atoms with E-state index in [1.54, 1.807) is 0 Å². The van der Waals surface area contributed by atoms with Crippen LogP contribution in [0.15, 0.2) is 36.4 Å². The van der Waals surface area contributed by atoms with Crippen molar-refractivity contribution in [3.63, 3.8) is 0 Å². The lowest BCUT2D eigenvalue weighted by molar-refractivity contribution is -0.161. The van der Waals surface area contributed by atoms with E-state index in [1.807, 2.05) is 0 Å². The summed E-state index contributed by atoms with van der Waals surface area (Å²) in [6.07, 6.45) is -0.549. The zero-order valence-electron chi connectivity index (χ0n) is 19.8. The van der Waals surface area contributed by atoms with Crippen LogP contribution >= 0.6 is 12.4 Å². The molecule has 200 valence electrons. The number of halogens is 4. The lowest BCUT2D eigenvalue weighted by atomic mass is 10.0. The molecule has 0 unspecified atom stereocenters. The summed E-state index contributed by atoms with van der Waals surface area (Å²) in [5, 5.41) is 11.4. The van der Waals surface area contributed by atoms with Crippen LogP contribution < -0.4 is 5.73 Å². The third kappa shape index (κ3) is 7.20. The zero-order valence-corrected chi connectivity index (χ0v) is 20.6. The summed E-state index contributed by atoms with van der Waals surface area (Å²) in [6.45, 7) is 1.47. The maximum atomic E-state index is 13.9. The SMILES string of the molecule is CC(=O)N1CCN(C(=O)c2ccc(C(=O)O)cc2)CCN1C(=O)C[C@H](N)Cc1cc(F)c(F)cc1F.Cl. The van der Waals surface area contributed by atoms with Gasteiger partial charge in [0.1, 0.15) is 5.82 Å². The Balaban J connectivity index is 0.00000481. The van der Waals surface area contributed by atoms with Gasteiger partial charge in [0.05, 0.1) is 18.7 Å². The van der Waals surface area contributed by atoms with Gasteiger partial charge in [-0.2, -0.15) is 0 Å². The summed E-state index contributed by atoms with van der Waals surface area (Å²) >= 11 is 0. The van der Waals surface area contributed by atoms with Crippen molar-refractivity contribution in [1.29, 1.82) is 0 Å². The van der Waals surface area contributed by atoms with Gasteiger partial charge >= 0.3 is 5.97 Å². The topological polar surface area (TPSA) is 124 Å². The number of hydrogen-bond donors (Lipinski definition) is 2. The largest absolute Gasteiger partial charge is 0.478 e. The van der Waals surface area contributed by atoms with Gasteiger partial charge in [0, 0.05) is 44.1 Å². The Bertz CT molecular complexity index is 1180. The van der Waals surface area contributed by atoms with E-state index < -0.39 is 47.2 Å². The molecular formula is C24H26ClF3N4O5. The monoisotopic (exact) mass is 542 g/mol. The summed E-state index contributed by atoms with van der Waals surface area (Å²) < 4.78 is 40.6. The molecule has 3 rings (SSSR count). The van der Waals surface area contributed by atoms with Crippen LogP contribution in [0.3, 0.4) is 0 Å². The average molecular weight is 543 g/mol. The van der Waals surface area contributed by atoms with Crippen LogP contribution in [0.1, 0.15) is 39.6 Å². The predicted molar refractivity (Wildman–Crippen MR) is 128 cm³/mol. The number of amides is 3. The first kappa shape index (κ1) is 29.6. The molecule has 0 spiro atoms. The highest BCUT2D eigenvalue weighted by molar-refractivity contribution is 5.96. The molecule has 3 amide bonds. The number of nitrogens with zero attached hydrogens (tertiary/aromatic N) is 3. The maximum absolute atomic E-state index is 13.9. The minimum Gasteiger partial charge on any atom is -0.478 e. The van der Waals surface area contributed by atoms with E-state index in [1.165, 1.54) is 46.1 Å². The first-order chi connectivity index (χ1) is 17.0. The van der Waals surface area contributed by atoms with E-state index in [4.69, 9.17) is 10.8 Å². The number of rotatable bonds is 6. The number of hydrazine groups is 1. The molecule has 0 aromatic heterocycles. The smallest absolute Gasteiger partial charge is 0.335 e. The molecule has 2 aromatic carbocycles. The summed E-state index contributed by atoms with van der Waals surface area (Å²) in [5.74, 6) is -6.07.